The van der Waals surface area contributed by atoms with Crippen molar-refractivity contribution in [1.29, 1.82) is 0 Å². The van der Waals surface area contributed by atoms with Gasteiger partial charge >= 0.3 is 0 Å². The monoisotopic (exact) mass is 262 g/mol. The Morgan fingerprint density at radius 1 is 1.47 bits per heavy atom. The van der Waals surface area contributed by atoms with Crippen LogP contribution in [0.5, 0.6) is 0 Å². The van der Waals surface area contributed by atoms with Crippen LogP contribution >= 0.6 is 0 Å². The lowest BCUT2D eigenvalue weighted by Gasteiger charge is -2.25. The van der Waals surface area contributed by atoms with Crippen LogP contribution < -0.4 is 5.32 Å². The summed E-state index contributed by atoms with van der Waals surface area (Å²) in [6.07, 6.45) is 2.30. The number of rotatable bonds is 6. The summed E-state index contributed by atoms with van der Waals surface area (Å²) in [6.45, 7) is 5.07. The van der Waals surface area contributed by atoms with Crippen LogP contribution in [0.25, 0.3) is 0 Å². The molecule has 1 fully saturated rings. The fourth-order valence-corrected chi connectivity index (χ4v) is 2.75. The van der Waals surface area contributed by atoms with Gasteiger partial charge in [0.25, 0.3) is 0 Å². The van der Waals surface area contributed by atoms with E-state index in [9.17, 15) is 0 Å². The smallest absolute Gasteiger partial charge is 0.0622 e. The van der Waals surface area contributed by atoms with E-state index >= 15 is 0 Å². The molecule has 0 spiro atoms. The molecule has 0 bridgehead atoms. The number of ether oxygens (including phenoxy) is 1. The van der Waals surface area contributed by atoms with Crippen LogP contribution in [0.4, 0.5) is 0 Å². The Hall–Kier alpha value is -0.900. The maximum absolute atomic E-state index is 5.45. The van der Waals surface area contributed by atoms with Gasteiger partial charge in [-0.1, -0.05) is 29.8 Å². The first-order valence-electron chi connectivity index (χ1n) is 7.22. The molecule has 19 heavy (non-hydrogen) atoms. The van der Waals surface area contributed by atoms with Gasteiger partial charge in [0, 0.05) is 25.2 Å². The molecule has 1 saturated heterocycles. The van der Waals surface area contributed by atoms with E-state index in [0.717, 1.165) is 26.2 Å². The molecular formula is C16H26N2O. The second-order valence-electron chi connectivity index (χ2n) is 5.54. The molecule has 2 unspecified atom stereocenters. The molecule has 0 amide bonds. The summed E-state index contributed by atoms with van der Waals surface area (Å²) in [7, 11) is 4.26. The molecule has 1 aromatic rings. The van der Waals surface area contributed by atoms with Gasteiger partial charge in [-0.15, -0.1) is 0 Å². The first kappa shape index (κ1) is 14.5. The van der Waals surface area contributed by atoms with Crippen molar-refractivity contribution in [3.8, 4) is 0 Å². The van der Waals surface area contributed by atoms with Gasteiger partial charge in [-0.3, -0.25) is 0 Å². The SMILES string of the molecule is CNC(CCN(C)C1CCOC1)c1cccc(C)c1. The molecule has 0 aromatic heterocycles. The minimum absolute atomic E-state index is 0.435. The van der Waals surface area contributed by atoms with Gasteiger partial charge in [-0.2, -0.15) is 0 Å². The Morgan fingerprint density at radius 3 is 2.95 bits per heavy atom. The molecule has 3 nitrogen and oxygen atoms in total. The molecule has 1 aromatic carbocycles. The van der Waals surface area contributed by atoms with Crippen LogP contribution in [0.1, 0.15) is 30.0 Å². The number of nitrogens with one attached hydrogen (secondary N) is 1. The molecule has 2 atom stereocenters. The molecule has 1 N–H and O–H groups in total. The molecule has 1 heterocycles. The number of benzene rings is 1. The van der Waals surface area contributed by atoms with E-state index < -0.39 is 0 Å². The highest BCUT2D eigenvalue weighted by molar-refractivity contribution is 5.25. The van der Waals surface area contributed by atoms with Gasteiger partial charge in [-0.25, -0.2) is 0 Å². The zero-order chi connectivity index (χ0) is 13.7. The first-order chi connectivity index (χ1) is 9.20. The van der Waals surface area contributed by atoms with Crippen molar-refractivity contribution < 1.29 is 4.74 Å². The fourth-order valence-electron chi connectivity index (χ4n) is 2.75. The highest BCUT2D eigenvalue weighted by Crippen LogP contribution is 2.19. The number of nitrogens with zero attached hydrogens (tertiary/aromatic N) is 1. The van der Waals surface area contributed by atoms with Crippen LogP contribution in [-0.2, 0) is 4.74 Å². The molecule has 0 saturated carbocycles. The number of hydrogen-bond donors (Lipinski definition) is 1. The third kappa shape index (κ3) is 4.03. The standard InChI is InChI=1S/C16H26N2O/c1-13-5-4-6-14(11-13)16(17-2)7-9-18(3)15-8-10-19-12-15/h4-6,11,15-17H,7-10,12H2,1-3H3. The number of likely N-dealkylation sites (N-methyl/N-ethyl adjacent to an activating group) is 1. The summed E-state index contributed by atoms with van der Waals surface area (Å²) < 4.78 is 5.45. The van der Waals surface area contributed by atoms with Crippen LogP contribution in [0.2, 0.25) is 0 Å². The lowest BCUT2D eigenvalue weighted by atomic mass is 10.0. The minimum atomic E-state index is 0.435. The molecule has 2 rings (SSSR count). The number of aryl methyl sites for hydroxylation is 1. The first-order valence-corrected chi connectivity index (χ1v) is 7.22. The lowest BCUT2D eigenvalue weighted by molar-refractivity contribution is 0.157. The van der Waals surface area contributed by atoms with E-state index in [2.05, 4.69) is 48.5 Å². The zero-order valence-corrected chi connectivity index (χ0v) is 12.4. The Kier molecular flexibility index (Phi) is 5.37. The second-order valence-corrected chi connectivity index (χ2v) is 5.54. The maximum atomic E-state index is 5.45. The van der Waals surface area contributed by atoms with E-state index in [4.69, 9.17) is 4.74 Å². The van der Waals surface area contributed by atoms with E-state index in [1.54, 1.807) is 0 Å². The van der Waals surface area contributed by atoms with Gasteiger partial charge in [-0.05, 0) is 39.4 Å². The molecule has 1 aliphatic rings. The van der Waals surface area contributed by atoms with Crippen molar-refractivity contribution >= 4 is 0 Å². The van der Waals surface area contributed by atoms with E-state index in [1.165, 1.54) is 17.5 Å². The molecular weight excluding hydrogens is 236 g/mol. The van der Waals surface area contributed by atoms with Crippen molar-refractivity contribution in [3.63, 3.8) is 0 Å². The average Bonchev–Trinajstić information content (AvgIpc) is 2.93. The normalized spacial score (nSPS) is 20.9. The number of hydrogen-bond acceptors (Lipinski definition) is 3. The van der Waals surface area contributed by atoms with Crippen LogP contribution in [-0.4, -0.2) is 44.8 Å². The zero-order valence-electron chi connectivity index (χ0n) is 12.4. The molecule has 3 heteroatoms. The van der Waals surface area contributed by atoms with E-state index in [-0.39, 0.29) is 0 Å². The third-order valence-corrected chi connectivity index (χ3v) is 4.09. The van der Waals surface area contributed by atoms with Crippen LogP contribution in [0.15, 0.2) is 24.3 Å². The fraction of sp³-hybridized carbons (Fsp3) is 0.625. The predicted octanol–water partition coefficient (Wildman–Crippen LogP) is 2.37. The predicted molar refractivity (Wildman–Crippen MR) is 79.5 cm³/mol. The Labute approximate surface area is 116 Å². The van der Waals surface area contributed by atoms with E-state index in [1.807, 2.05) is 7.05 Å². The molecule has 106 valence electrons. The van der Waals surface area contributed by atoms with Crippen molar-refractivity contribution in [2.45, 2.75) is 31.8 Å². The summed E-state index contributed by atoms with van der Waals surface area (Å²) in [5.41, 5.74) is 2.72. The summed E-state index contributed by atoms with van der Waals surface area (Å²) in [5, 5.41) is 3.43. The van der Waals surface area contributed by atoms with Crippen molar-refractivity contribution in [2.75, 3.05) is 33.9 Å². The van der Waals surface area contributed by atoms with Gasteiger partial charge in [0.2, 0.25) is 0 Å². The Morgan fingerprint density at radius 2 is 2.32 bits per heavy atom. The van der Waals surface area contributed by atoms with Gasteiger partial charge in [0.1, 0.15) is 0 Å². The summed E-state index contributed by atoms with van der Waals surface area (Å²) in [5.74, 6) is 0. The average molecular weight is 262 g/mol. The Bertz CT molecular complexity index is 388. The minimum Gasteiger partial charge on any atom is -0.380 e. The van der Waals surface area contributed by atoms with Crippen LogP contribution in [0, 0.1) is 6.92 Å². The van der Waals surface area contributed by atoms with Crippen LogP contribution in [0.3, 0.4) is 0 Å². The lowest BCUT2D eigenvalue weighted by Crippen LogP contribution is -2.34. The molecule has 0 aliphatic carbocycles. The highest BCUT2D eigenvalue weighted by atomic mass is 16.5. The highest BCUT2D eigenvalue weighted by Gasteiger charge is 2.20. The van der Waals surface area contributed by atoms with Gasteiger partial charge in [0.05, 0.1) is 6.61 Å². The Balaban J connectivity index is 1.88. The van der Waals surface area contributed by atoms with Gasteiger partial charge in [0.15, 0.2) is 0 Å². The largest absolute Gasteiger partial charge is 0.380 e. The topological polar surface area (TPSA) is 24.5 Å². The molecule has 0 radical (unpaired) electrons. The van der Waals surface area contributed by atoms with Crippen molar-refractivity contribution in [1.82, 2.24) is 10.2 Å². The summed E-state index contributed by atoms with van der Waals surface area (Å²) in [4.78, 5) is 2.44. The molecule has 1 aliphatic heterocycles. The summed E-state index contributed by atoms with van der Waals surface area (Å²) in [6, 6.07) is 9.83. The third-order valence-electron chi connectivity index (χ3n) is 4.09. The van der Waals surface area contributed by atoms with Gasteiger partial charge < -0.3 is 15.0 Å². The van der Waals surface area contributed by atoms with E-state index in [0.29, 0.717) is 12.1 Å². The quantitative estimate of drug-likeness (QED) is 0.852. The van der Waals surface area contributed by atoms with Crippen molar-refractivity contribution in [3.05, 3.63) is 35.4 Å². The second kappa shape index (κ2) is 7.04. The summed E-state index contributed by atoms with van der Waals surface area (Å²) >= 11 is 0. The maximum Gasteiger partial charge on any atom is 0.0622 e. The van der Waals surface area contributed by atoms with Crippen molar-refractivity contribution in [2.24, 2.45) is 0 Å².